The summed E-state index contributed by atoms with van der Waals surface area (Å²) in [5.41, 5.74) is 3.15. The SMILES string of the molecule is C/C(=N/NC(=O)c1cccnc1)c1ncc(C(O)C(O)C(O)CO)[nH]1. The van der Waals surface area contributed by atoms with Crippen LogP contribution in [0.1, 0.15) is 34.9 Å². The summed E-state index contributed by atoms with van der Waals surface area (Å²) in [5.74, 6) is -0.188. The number of nitrogens with zero attached hydrogens (tertiary/aromatic N) is 3. The van der Waals surface area contributed by atoms with Gasteiger partial charge in [0.25, 0.3) is 5.91 Å². The molecule has 0 aliphatic heterocycles. The van der Waals surface area contributed by atoms with Crippen molar-refractivity contribution in [2.24, 2.45) is 5.10 Å². The molecule has 6 N–H and O–H groups in total. The van der Waals surface area contributed by atoms with Crippen molar-refractivity contribution >= 4 is 11.6 Å². The van der Waals surface area contributed by atoms with Crippen LogP contribution in [0.25, 0.3) is 0 Å². The lowest BCUT2D eigenvalue weighted by Crippen LogP contribution is -2.34. The van der Waals surface area contributed by atoms with E-state index in [0.29, 0.717) is 11.3 Å². The zero-order valence-corrected chi connectivity index (χ0v) is 13.4. The molecule has 0 radical (unpaired) electrons. The Morgan fingerprint density at radius 2 is 2.12 bits per heavy atom. The Labute approximate surface area is 142 Å². The maximum Gasteiger partial charge on any atom is 0.272 e. The Balaban J connectivity index is 2.04. The quantitative estimate of drug-likeness (QED) is 0.267. The Hall–Kier alpha value is -2.66. The Kier molecular flexibility index (Phi) is 6.31. The topological polar surface area (TPSA) is 164 Å². The maximum absolute atomic E-state index is 11.9. The van der Waals surface area contributed by atoms with Gasteiger partial charge in [0.1, 0.15) is 24.0 Å². The molecule has 0 aromatic carbocycles. The average Bonchev–Trinajstić information content (AvgIpc) is 3.14. The van der Waals surface area contributed by atoms with Crippen molar-refractivity contribution < 1.29 is 25.2 Å². The largest absolute Gasteiger partial charge is 0.394 e. The molecule has 2 aromatic rings. The number of rotatable bonds is 7. The molecule has 10 heteroatoms. The van der Waals surface area contributed by atoms with Gasteiger partial charge in [-0.05, 0) is 19.1 Å². The van der Waals surface area contributed by atoms with Gasteiger partial charge < -0.3 is 25.4 Å². The number of aromatic amines is 1. The molecule has 2 rings (SSSR count). The first-order valence-electron chi connectivity index (χ1n) is 7.39. The first kappa shape index (κ1) is 18.7. The highest BCUT2D eigenvalue weighted by Gasteiger charge is 2.27. The lowest BCUT2D eigenvalue weighted by Gasteiger charge is -2.20. The molecule has 0 spiro atoms. The van der Waals surface area contributed by atoms with Crippen LogP contribution >= 0.6 is 0 Å². The summed E-state index contributed by atoms with van der Waals surface area (Å²) in [6, 6.07) is 3.21. The lowest BCUT2D eigenvalue weighted by atomic mass is 10.1. The molecule has 25 heavy (non-hydrogen) atoms. The van der Waals surface area contributed by atoms with E-state index in [1.807, 2.05) is 0 Å². The minimum atomic E-state index is -1.58. The van der Waals surface area contributed by atoms with Crippen LogP contribution in [0.2, 0.25) is 0 Å². The van der Waals surface area contributed by atoms with E-state index >= 15 is 0 Å². The number of aliphatic hydroxyl groups is 4. The highest BCUT2D eigenvalue weighted by molar-refractivity contribution is 5.98. The Morgan fingerprint density at radius 1 is 1.36 bits per heavy atom. The van der Waals surface area contributed by atoms with E-state index in [-0.39, 0.29) is 11.5 Å². The molecule has 0 aliphatic carbocycles. The standard InChI is InChI=1S/C15H19N5O5/c1-8(19-20-15(25)9-3-2-4-16-5-9)14-17-6-10(18-14)12(23)13(24)11(22)7-21/h2-6,11-13,21-24H,7H2,1H3,(H,17,18)(H,20,25)/b19-8-. The average molecular weight is 349 g/mol. The van der Waals surface area contributed by atoms with Gasteiger partial charge in [-0.15, -0.1) is 0 Å². The number of hydrogen-bond donors (Lipinski definition) is 6. The summed E-state index contributed by atoms with van der Waals surface area (Å²) in [4.78, 5) is 22.4. The number of carbonyl (C=O) groups is 1. The van der Waals surface area contributed by atoms with Crippen molar-refractivity contribution in [2.45, 2.75) is 25.2 Å². The molecule has 0 aliphatic rings. The summed E-state index contributed by atoms with van der Waals surface area (Å²) < 4.78 is 0. The summed E-state index contributed by atoms with van der Waals surface area (Å²) >= 11 is 0. The second kappa shape index (κ2) is 8.44. The number of imidazole rings is 1. The van der Waals surface area contributed by atoms with Crippen LogP contribution in [0.3, 0.4) is 0 Å². The van der Waals surface area contributed by atoms with Gasteiger partial charge in [0.05, 0.1) is 24.1 Å². The molecular formula is C15H19N5O5. The third kappa shape index (κ3) is 4.67. The van der Waals surface area contributed by atoms with Crippen LogP contribution in [0.5, 0.6) is 0 Å². The number of carbonyl (C=O) groups excluding carboxylic acids is 1. The number of nitrogens with one attached hydrogen (secondary N) is 2. The normalized spacial score (nSPS) is 15.5. The number of pyridine rings is 1. The minimum Gasteiger partial charge on any atom is -0.394 e. The molecule has 1 amide bonds. The molecule has 0 fully saturated rings. The molecule has 0 saturated carbocycles. The zero-order chi connectivity index (χ0) is 18.4. The van der Waals surface area contributed by atoms with E-state index < -0.39 is 30.8 Å². The van der Waals surface area contributed by atoms with E-state index in [4.69, 9.17) is 5.11 Å². The fraction of sp³-hybridized carbons (Fsp3) is 0.333. The molecule has 0 bridgehead atoms. The van der Waals surface area contributed by atoms with Crippen LogP contribution in [0.15, 0.2) is 35.8 Å². The van der Waals surface area contributed by atoms with E-state index in [9.17, 15) is 20.1 Å². The molecule has 2 aromatic heterocycles. The van der Waals surface area contributed by atoms with Crippen molar-refractivity contribution in [2.75, 3.05) is 6.61 Å². The van der Waals surface area contributed by atoms with Gasteiger partial charge in [-0.25, -0.2) is 10.4 Å². The van der Waals surface area contributed by atoms with Crippen LogP contribution in [-0.4, -0.2) is 65.8 Å². The van der Waals surface area contributed by atoms with Crippen molar-refractivity contribution in [3.8, 4) is 0 Å². The van der Waals surface area contributed by atoms with E-state index in [2.05, 4.69) is 25.5 Å². The predicted octanol–water partition coefficient (Wildman–Crippen LogP) is -1.29. The van der Waals surface area contributed by atoms with E-state index in [1.54, 1.807) is 25.3 Å². The van der Waals surface area contributed by atoms with Crippen LogP contribution in [0.4, 0.5) is 0 Å². The molecule has 0 saturated heterocycles. The van der Waals surface area contributed by atoms with Gasteiger partial charge in [-0.2, -0.15) is 5.10 Å². The highest BCUT2D eigenvalue weighted by atomic mass is 16.4. The molecule has 3 unspecified atom stereocenters. The smallest absolute Gasteiger partial charge is 0.272 e. The van der Waals surface area contributed by atoms with Gasteiger partial charge >= 0.3 is 0 Å². The monoisotopic (exact) mass is 349 g/mol. The highest BCUT2D eigenvalue weighted by Crippen LogP contribution is 2.17. The van der Waals surface area contributed by atoms with Crippen molar-refractivity contribution in [3.05, 3.63) is 47.8 Å². The second-order valence-corrected chi connectivity index (χ2v) is 5.25. The van der Waals surface area contributed by atoms with Crippen molar-refractivity contribution in [1.29, 1.82) is 0 Å². The first-order chi connectivity index (χ1) is 11.9. The van der Waals surface area contributed by atoms with Gasteiger partial charge in [-0.1, -0.05) is 0 Å². The fourth-order valence-corrected chi connectivity index (χ4v) is 1.92. The van der Waals surface area contributed by atoms with Crippen molar-refractivity contribution in [3.63, 3.8) is 0 Å². The molecule has 10 nitrogen and oxygen atoms in total. The Morgan fingerprint density at radius 3 is 2.76 bits per heavy atom. The first-order valence-corrected chi connectivity index (χ1v) is 7.39. The number of hydrogen-bond acceptors (Lipinski definition) is 8. The summed E-state index contributed by atoms with van der Waals surface area (Å²) in [7, 11) is 0. The van der Waals surface area contributed by atoms with Gasteiger partial charge in [0, 0.05) is 12.4 Å². The van der Waals surface area contributed by atoms with E-state index in [0.717, 1.165) is 0 Å². The van der Waals surface area contributed by atoms with Crippen LogP contribution < -0.4 is 5.43 Å². The third-order valence-corrected chi connectivity index (χ3v) is 3.41. The van der Waals surface area contributed by atoms with Crippen molar-refractivity contribution in [1.82, 2.24) is 20.4 Å². The number of amides is 1. The molecule has 3 atom stereocenters. The van der Waals surface area contributed by atoms with Gasteiger partial charge in [0.15, 0.2) is 5.82 Å². The van der Waals surface area contributed by atoms with E-state index in [1.165, 1.54) is 12.4 Å². The summed E-state index contributed by atoms with van der Waals surface area (Å²) in [6.45, 7) is 0.887. The summed E-state index contributed by atoms with van der Waals surface area (Å²) in [5, 5.41) is 41.7. The summed E-state index contributed by atoms with van der Waals surface area (Å²) in [6.07, 6.45) is -0.342. The van der Waals surface area contributed by atoms with Gasteiger partial charge in [-0.3, -0.25) is 9.78 Å². The van der Waals surface area contributed by atoms with Crippen LogP contribution in [-0.2, 0) is 0 Å². The number of H-pyrrole nitrogens is 1. The number of aromatic nitrogens is 3. The minimum absolute atomic E-state index is 0.128. The maximum atomic E-state index is 11.9. The second-order valence-electron chi connectivity index (χ2n) is 5.25. The lowest BCUT2D eigenvalue weighted by molar-refractivity contribution is -0.0788. The molecule has 2 heterocycles. The third-order valence-electron chi connectivity index (χ3n) is 3.41. The number of hydrazone groups is 1. The van der Waals surface area contributed by atoms with Crippen LogP contribution in [0, 0.1) is 0 Å². The Bertz CT molecular complexity index is 733. The number of aliphatic hydroxyl groups excluding tert-OH is 4. The molecule has 134 valence electrons. The zero-order valence-electron chi connectivity index (χ0n) is 13.4. The fourth-order valence-electron chi connectivity index (χ4n) is 1.92. The predicted molar refractivity (Wildman–Crippen MR) is 86.6 cm³/mol. The molecular weight excluding hydrogens is 330 g/mol. The van der Waals surface area contributed by atoms with Gasteiger partial charge in [0.2, 0.25) is 0 Å².